The van der Waals surface area contributed by atoms with Crippen LogP contribution in [0.15, 0.2) is 0 Å². The number of hydrogen-bond acceptors (Lipinski definition) is 5. The van der Waals surface area contributed by atoms with Crippen LogP contribution in [0.25, 0.3) is 0 Å². The highest BCUT2D eigenvalue weighted by molar-refractivity contribution is 7.11. The van der Waals surface area contributed by atoms with Gasteiger partial charge in [0.1, 0.15) is 0 Å². The first kappa shape index (κ1) is 13.6. The first-order valence-electron chi connectivity index (χ1n) is 5.43. The number of likely N-dealkylation sites (N-methyl/N-ethyl adjacent to an activating group) is 1. The minimum atomic E-state index is 0.607. The van der Waals surface area contributed by atoms with E-state index in [0.717, 1.165) is 25.2 Å². The fraction of sp³-hybridized carbons (Fsp3) is 0.727. The second-order valence-electron chi connectivity index (χ2n) is 3.99. The minimum absolute atomic E-state index is 0.607. The lowest BCUT2D eigenvalue weighted by Gasteiger charge is -2.06. The Morgan fingerprint density at radius 3 is 2.75 bits per heavy atom. The molecule has 0 aliphatic rings. The maximum atomic E-state index is 5.16. The van der Waals surface area contributed by atoms with Crippen LogP contribution in [-0.2, 0) is 24.3 Å². The summed E-state index contributed by atoms with van der Waals surface area (Å²) in [5.74, 6) is 0. The molecule has 0 aromatic carbocycles. The summed E-state index contributed by atoms with van der Waals surface area (Å²) in [7, 11) is 7.83. The number of thiazole rings is 1. The van der Waals surface area contributed by atoms with E-state index in [0.29, 0.717) is 6.61 Å². The molecule has 0 amide bonds. The molecule has 1 aromatic heterocycles. The minimum Gasteiger partial charge on any atom is -0.378 e. The normalized spacial score (nSPS) is 11.3. The Balaban J connectivity index is 2.67. The van der Waals surface area contributed by atoms with E-state index in [1.807, 2.05) is 7.05 Å². The van der Waals surface area contributed by atoms with Gasteiger partial charge in [0, 0.05) is 31.5 Å². The number of nitrogens with one attached hydrogen (secondary N) is 1. The van der Waals surface area contributed by atoms with Crippen LogP contribution < -0.4 is 5.32 Å². The largest absolute Gasteiger partial charge is 0.378 e. The zero-order chi connectivity index (χ0) is 12.0. The molecule has 0 saturated carbocycles. The van der Waals surface area contributed by atoms with E-state index in [2.05, 4.69) is 29.3 Å². The highest BCUT2D eigenvalue weighted by Gasteiger charge is 2.10. The van der Waals surface area contributed by atoms with Crippen LogP contribution in [0.5, 0.6) is 0 Å². The first-order chi connectivity index (χ1) is 7.67. The molecule has 0 radical (unpaired) electrons. The summed E-state index contributed by atoms with van der Waals surface area (Å²) < 4.78 is 5.16. The second-order valence-corrected chi connectivity index (χ2v) is 5.16. The van der Waals surface area contributed by atoms with Gasteiger partial charge in [-0.25, -0.2) is 4.98 Å². The van der Waals surface area contributed by atoms with E-state index in [9.17, 15) is 0 Å². The summed E-state index contributed by atoms with van der Waals surface area (Å²) in [6.45, 7) is 2.52. The lowest BCUT2D eigenvalue weighted by Crippen LogP contribution is -2.14. The van der Waals surface area contributed by atoms with E-state index in [4.69, 9.17) is 4.74 Å². The molecule has 16 heavy (non-hydrogen) atoms. The molecule has 0 aliphatic carbocycles. The topological polar surface area (TPSA) is 37.4 Å². The first-order valence-corrected chi connectivity index (χ1v) is 6.24. The quantitative estimate of drug-likeness (QED) is 0.778. The van der Waals surface area contributed by atoms with E-state index in [1.54, 1.807) is 18.4 Å². The average molecular weight is 243 g/mol. The highest BCUT2D eigenvalue weighted by atomic mass is 32.1. The monoisotopic (exact) mass is 243 g/mol. The van der Waals surface area contributed by atoms with Gasteiger partial charge in [-0.2, -0.15) is 0 Å². The predicted octanol–water partition coefficient (Wildman–Crippen LogP) is 1.11. The van der Waals surface area contributed by atoms with E-state index in [-0.39, 0.29) is 0 Å². The Labute approximate surface area is 102 Å². The molecule has 92 valence electrons. The van der Waals surface area contributed by atoms with Gasteiger partial charge in [-0.15, -0.1) is 11.3 Å². The van der Waals surface area contributed by atoms with Gasteiger partial charge in [-0.05, 0) is 21.1 Å². The number of nitrogens with zero attached hydrogens (tertiary/aromatic N) is 2. The van der Waals surface area contributed by atoms with E-state index in [1.165, 1.54) is 9.88 Å². The van der Waals surface area contributed by atoms with Crippen molar-refractivity contribution in [3.05, 3.63) is 15.6 Å². The van der Waals surface area contributed by atoms with Gasteiger partial charge in [-0.3, -0.25) is 0 Å². The van der Waals surface area contributed by atoms with Crippen molar-refractivity contribution in [3.8, 4) is 0 Å². The van der Waals surface area contributed by atoms with Crippen molar-refractivity contribution in [2.45, 2.75) is 19.6 Å². The van der Waals surface area contributed by atoms with Gasteiger partial charge in [0.2, 0.25) is 0 Å². The maximum Gasteiger partial charge on any atom is 0.0945 e. The Hall–Kier alpha value is -0.490. The summed E-state index contributed by atoms with van der Waals surface area (Å²) in [4.78, 5) is 8.08. The summed E-state index contributed by atoms with van der Waals surface area (Å²) >= 11 is 1.79. The molecule has 0 saturated heterocycles. The molecule has 1 aromatic rings. The van der Waals surface area contributed by atoms with Crippen molar-refractivity contribution in [1.29, 1.82) is 0 Å². The molecule has 1 N–H and O–H groups in total. The smallest absolute Gasteiger partial charge is 0.0945 e. The number of ether oxygens (including phenoxy) is 1. The fourth-order valence-corrected chi connectivity index (χ4v) is 2.48. The lowest BCUT2D eigenvalue weighted by molar-refractivity contribution is 0.181. The van der Waals surface area contributed by atoms with Crippen LogP contribution >= 0.6 is 11.3 Å². The fourth-order valence-electron chi connectivity index (χ4n) is 1.41. The van der Waals surface area contributed by atoms with Crippen molar-refractivity contribution < 1.29 is 4.74 Å². The van der Waals surface area contributed by atoms with Crippen LogP contribution in [0.4, 0.5) is 0 Å². The van der Waals surface area contributed by atoms with Crippen LogP contribution in [-0.4, -0.2) is 44.7 Å². The van der Waals surface area contributed by atoms with Crippen molar-refractivity contribution >= 4 is 11.3 Å². The molecule has 1 rings (SSSR count). The second kappa shape index (κ2) is 6.96. The number of aromatic nitrogens is 1. The third-order valence-corrected chi connectivity index (χ3v) is 3.37. The van der Waals surface area contributed by atoms with Crippen LogP contribution in [0, 0.1) is 0 Å². The lowest BCUT2D eigenvalue weighted by atomic mass is 10.3. The molecule has 0 unspecified atom stereocenters. The summed E-state index contributed by atoms with van der Waals surface area (Å²) in [5.41, 5.74) is 1.08. The van der Waals surface area contributed by atoms with Crippen molar-refractivity contribution in [2.75, 3.05) is 34.8 Å². The predicted molar refractivity (Wildman–Crippen MR) is 67.8 cm³/mol. The molecule has 0 fully saturated rings. The van der Waals surface area contributed by atoms with Gasteiger partial charge in [0.15, 0.2) is 0 Å². The average Bonchev–Trinajstić information content (AvgIpc) is 2.59. The summed E-state index contributed by atoms with van der Waals surface area (Å²) in [5, 5.41) is 4.37. The Kier molecular flexibility index (Phi) is 5.90. The van der Waals surface area contributed by atoms with Gasteiger partial charge in [0.25, 0.3) is 0 Å². The zero-order valence-electron chi connectivity index (χ0n) is 10.5. The molecule has 0 aliphatic heterocycles. The number of rotatable bonds is 7. The Morgan fingerprint density at radius 1 is 1.44 bits per heavy atom. The third-order valence-electron chi connectivity index (χ3n) is 2.21. The van der Waals surface area contributed by atoms with Gasteiger partial charge in [0.05, 0.1) is 17.3 Å². The third kappa shape index (κ3) is 4.17. The summed E-state index contributed by atoms with van der Waals surface area (Å²) in [6.07, 6.45) is 1.01. The molecule has 4 nitrogen and oxygen atoms in total. The zero-order valence-corrected chi connectivity index (χ0v) is 11.4. The molecule has 0 atom stereocenters. The van der Waals surface area contributed by atoms with Crippen molar-refractivity contribution in [3.63, 3.8) is 0 Å². The number of methoxy groups -OCH3 is 1. The van der Waals surface area contributed by atoms with Gasteiger partial charge >= 0.3 is 0 Å². The standard InChI is InChI=1S/C11H21N3OS/c1-12-7-10-9(8-15-4)13-11(16-10)5-6-14(2)3/h12H,5-8H2,1-4H3. The molecule has 1 heterocycles. The number of hydrogen-bond donors (Lipinski definition) is 1. The molecular formula is C11H21N3OS. The van der Waals surface area contributed by atoms with Gasteiger partial charge < -0.3 is 15.0 Å². The molecule has 0 bridgehead atoms. The van der Waals surface area contributed by atoms with Crippen molar-refractivity contribution in [1.82, 2.24) is 15.2 Å². The Bertz CT molecular complexity index is 289. The van der Waals surface area contributed by atoms with Crippen LogP contribution in [0.1, 0.15) is 15.6 Å². The van der Waals surface area contributed by atoms with Gasteiger partial charge in [-0.1, -0.05) is 0 Å². The molecular weight excluding hydrogens is 222 g/mol. The van der Waals surface area contributed by atoms with Crippen molar-refractivity contribution in [2.24, 2.45) is 0 Å². The van der Waals surface area contributed by atoms with Crippen LogP contribution in [0.2, 0.25) is 0 Å². The summed E-state index contributed by atoms with van der Waals surface area (Å²) in [6, 6.07) is 0. The van der Waals surface area contributed by atoms with E-state index >= 15 is 0 Å². The molecule has 5 heteroatoms. The van der Waals surface area contributed by atoms with Crippen LogP contribution in [0.3, 0.4) is 0 Å². The van der Waals surface area contributed by atoms with E-state index < -0.39 is 0 Å². The SMILES string of the molecule is CNCc1sc(CCN(C)C)nc1COC. The molecule has 0 spiro atoms. The Morgan fingerprint density at radius 2 is 2.19 bits per heavy atom. The maximum absolute atomic E-state index is 5.16. The highest BCUT2D eigenvalue weighted by Crippen LogP contribution is 2.19.